The molecule has 0 bridgehead atoms. The van der Waals surface area contributed by atoms with Gasteiger partial charge in [0.15, 0.2) is 5.76 Å². The van der Waals surface area contributed by atoms with E-state index in [9.17, 15) is 18.0 Å². The number of sulfonamides is 1. The highest BCUT2D eigenvalue weighted by atomic mass is 32.2. The van der Waals surface area contributed by atoms with Gasteiger partial charge in [-0.2, -0.15) is 0 Å². The Morgan fingerprint density at radius 2 is 1.77 bits per heavy atom. The number of carbonyl (C=O) groups is 2. The molecule has 1 aliphatic rings. The summed E-state index contributed by atoms with van der Waals surface area (Å²) in [7, 11) is -3.83. The molecule has 182 valence electrons. The van der Waals surface area contributed by atoms with Crippen LogP contribution < -0.4 is 10.0 Å². The first-order valence-electron chi connectivity index (χ1n) is 11.1. The number of carbonyl (C=O) groups excluding carboxylic acids is 2. The lowest BCUT2D eigenvalue weighted by molar-refractivity contribution is -0.117. The van der Waals surface area contributed by atoms with E-state index in [4.69, 9.17) is 9.26 Å². The van der Waals surface area contributed by atoms with Crippen molar-refractivity contribution in [3.63, 3.8) is 0 Å². The van der Waals surface area contributed by atoms with Crippen LogP contribution in [0.5, 0.6) is 0 Å². The number of benzene rings is 2. The smallest absolute Gasteiger partial charge is 0.338 e. The molecule has 1 heterocycles. The van der Waals surface area contributed by atoms with E-state index in [-0.39, 0.29) is 23.3 Å². The van der Waals surface area contributed by atoms with Crippen molar-refractivity contribution in [1.29, 1.82) is 0 Å². The summed E-state index contributed by atoms with van der Waals surface area (Å²) in [5, 5.41) is 6.78. The molecule has 10 heteroatoms. The normalized spacial score (nSPS) is 13.5. The van der Waals surface area contributed by atoms with Gasteiger partial charge in [0.1, 0.15) is 11.4 Å². The van der Waals surface area contributed by atoms with Gasteiger partial charge in [0.05, 0.1) is 17.1 Å². The number of hydrogen-bond donors (Lipinski definition) is 2. The van der Waals surface area contributed by atoms with E-state index in [1.165, 1.54) is 36.4 Å². The first-order valence-corrected chi connectivity index (χ1v) is 12.6. The summed E-state index contributed by atoms with van der Waals surface area (Å²) in [6, 6.07) is 12.3. The summed E-state index contributed by atoms with van der Waals surface area (Å²) in [6.45, 7) is 3.72. The third kappa shape index (κ3) is 5.96. The molecule has 2 N–H and O–H groups in total. The summed E-state index contributed by atoms with van der Waals surface area (Å²) in [5.74, 6) is -0.0344. The Hall–Kier alpha value is -3.92. The second-order valence-corrected chi connectivity index (χ2v) is 9.76. The fourth-order valence-electron chi connectivity index (χ4n) is 3.26. The number of esters is 1. The van der Waals surface area contributed by atoms with Crippen LogP contribution in [-0.2, 0) is 19.6 Å². The molecular weight excluding hydrogens is 470 g/mol. The third-order valence-corrected chi connectivity index (χ3v) is 6.75. The maximum absolute atomic E-state index is 12.7. The van der Waals surface area contributed by atoms with Crippen LogP contribution in [0.3, 0.4) is 0 Å². The summed E-state index contributed by atoms with van der Waals surface area (Å²) >= 11 is 0. The fraction of sp³-hybridized carbons (Fsp3) is 0.240. The van der Waals surface area contributed by atoms with Crippen molar-refractivity contribution < 1.29 is 27.3 Å². The van der Waals surface area contributed by atoms with E-state index >= 15 is 0 Å². The first-order chi connectivity index (χ1) is 16.8. The highest BCUT2D eigenvalue weighted by Crippen LogP contribution is 2.32. The molecule has 3 aromatic rings. The van der Waals surface area contributed by atoms with Gasteiger partial charge in [-0.3, -0.25) is 9.52 Å². The van der Waals surface area contributed by atoms with Crippen molar-refractivity contribution in [2.24, 2.45) is 5.92 Å². The molecule has 9 nitrogen and oxygen atoms in total. The average molecular weight is 496 g/mol. The molecule has 0 atom stereocenters. The zero-order valence-electron chi connectivity index (χ0n) is 19.3. The minimum absolute atomic E-state index is 0.0384. The van der Waals surface area contributed by atoms with E-state index in [0.717, 1.165) is 18.4 Å². The van der Waals surface area contributed by atoms with Crippen LogP contribution in [0.2, 0.25) is 0 Å². The van der Waals surface area contributed by atoms with Gasteiger partial charge in [-0.05, 0) is 74.7 Å². The minimum atomic E-state index is -3.83. The molecule has 2 aromatic carbocycles. The van der Waals surface area contributed by atoms with E-state index in [2.05, 4.69) is 15.2 Å². The van der Waals surface area contributed by atoms with Crippen molar-refractivity contribution in [2.45, 2.75) is 31.6 Å². The van der Waals surface area contributed by atoms with E-state index in [0.29, 0.717) is 28.4 Å². The summed E-state index contributed by atoms with van der Waals surface area (Å²) in [6.07, 6.45) is 5.20. The van der Waals surface area contributed by atoms with E-state index < -0.39 is 16.0 Å². The number of nitrogens with one attached hydrogen (secondary N) is 2. The molecule has 1 aromatic heterocycles. The van der Waals surface area contributed by atoms with Gasteiger partial charge in [-0.1, -0.05) is 23.4 Å². The number of aromatic nitrogens is 1. The van der Waals surface area contributed by atoms with Crippen molar-refractivity contribution >= 4 is 45.4 Å². The molecule has 0 aliphatic heterocycles. The predicted molar refractivity (Wildman–Crippen MR) is 131 cm³/mol. The van der Waals surface area contributed by atoms with Crippen LogP contribution in [0.25, 0.3) is 12.2 Å². The summed E-state index contributed by atoms with van der Waals surface area (Å²) in [5.41, 5.74) is 2.51. The topological polar surface area (TPSA) is 128 Å². The van der Waals surface area contributed by atoms with Gasteiger partial charge < -0.3 is 14.6 Å². The SMILES string of the molecule is CCOC(=O)c1ccc(NS(=O)(=O)c2ccc(/C=C\c3onc(C)c3NC(=O)C3CC3)cc2)cc1. The first kappa shape index (κ1) is 24.2. The zero-order chi connectivity index (χ0) is 25.0. The molecule has 0 radical (unpaired) electrons. The monoisotopic (exact) mass is 495 g/mol. The number of ether oxygens (including phenoxy) is 1. The number of aryl methyl sites for hydroxylation is 1. The van der Waals surface area contributed by atoms with Crippen molar-refractivity contribution in [1.82, 2.24) is 5.16 Å². The molecule has 1 amide bonds. The number of hydrogen-bond acceptors (Lipinski definition) is 7. The lowest BCUT2D eigenvalue weighted by atomic mass is 10.2. The van der Waals surface area contributed by atoms with Gasteiger partial charge in [-0.25, -0.2) is 13.2 Å². The Morgan fingerprint density at radius 3 is 2.40 bits per heavy atom. The molecule has 0 spiro atoms. The molecule has 1 saturated carbocycles. The summed E-state index contributed by atoms with van der Waals surface area (Å²) in [4.78, 5) is 23.9. The van der Waals surface area contributed by atoms with Gasteiger partial charge >= 0.3 is 5.97 Å². The molecule has 0 unspecified atom stereocenters. The maximum atomic E-state index is 12.7. The second-order valence-electron chi connectivity index (χ2n) is 8.08. The van der Waals surface area contributed by atoms with Crippen LogP contribution in [0, 0.1) is 12.8 Å². The molecule has 35 heavy (non-hydrogen) atoms. The molecule has 1 aliphatic carbocycles. The second kappa shape index (κ2) is 10.1. The van der Waals surface area contributed by atoms with E-state index in [1.54, 1.807) is 38.1 Å². The van der Waals surface area contributed by atoms with Crippen LogP contribution >= 0.6 is 0 Å². The largest absolute Gasteiger partial charge is 0.462 e. The standard InChI is InChI=1S/C25H25N3O6S/c1-3-33-25(30)19-9-11-20(12-10-19)28-35(31,32)21-13-4-17(5-14-21)6-15-22-23(16(2)27-34-22)26-24(29)18-7-8-18/h4-6,9-15,18,28H,3,7-8H2,1-2H3,(H,26,29)/b15-6-. The molecular formula is C25H25N3O6S. The predicted octanol–water partition coefficient (Wildman–Crippen LogP) is 4.48. The molecule has 4 rings (SSSR count). The van der Waals surface area contributed by atoms with Gasteiger partial charge in [0.2, 0.25) is 5.91 Å². The Balaban J connectivity index is 1.42. The number of amides is 1. The molecule has 1 fully saturated rings. The Bertz CT molecular complexity index is 1360. The van der Waals surface area contributed by atoms with Crippen molar-refractivity contribution in [3.05, 3.63) is 71.1 Å². The number of rotatable bonds is 9. The van der Waals surface area contributed by atoms with Gasteiger partial charge in [0, 0.05) is 11.6 Å². The van der Waals surface area contributed by atoms with Gasteiger partial charge in [0.25, 0.3) is 10.0 Å². The van der Waals surface area contributed by atoms with Gasteiger partial charge in [-0.15, -0.1) is 0 Å². The number of nitrogens with zero attached hydrogens (tertiary/aromatic N) is 1. The highest BCUT2D eigenvalue weighted by molar-refractivity contribution is 7.92. The Labute approximate surface area is 203 Å². The Kier molecular flexibility index (Phi) is 7.02. The zero-order valence-corrected chi connectivity index (χ0v) is 20.1. The van der Waals surface area contributed by atoms with Crippen LogP contribution in [-0.4, -0.2) is 32.1 Å². The van der Waals surface area contributed by atoms with Crippen molar-refractivity contribution in [2.75, 3.05) is 16.6 Å². The van der Waals surface area contributed by atoms with E-state index in [1.807, 2.05) is 0 Å². The lowest BCUT2D eigenvalue weighted by Crippen LogP contribution is -2.14. The average Bonchev–Trinajstić information content (AvgIpc) is 3.64. The van der Waals surface area contributed by atoms with Crippen molar-refractivity contribution in [3.8, 4) is 0 Å². The number of anilines is 2. The Morgan fingerprint density at radius 1 is 1.09 bits per heavy atom. The molecule has 0 saturated heterocycles. The highest BCUT2D eigenvalue weighted by Gasteiger charge is 2.30. The quantitative estimate of drug-likeness (QED) is 0.419. The minimum Gasteiger partial charge on any atom is -0.462 e. The lowest BCUT2D eigenvalue weighted by Gasteiger charge is -2.09. The van der Waals surface area contributed by atoms with Crippen LogP contribution in [0.4, 0.5) is 11.4 Å². The fourth-order valence-corrected chi connectivity index (χ4v) is 4.32. The van der Waals surface area contributed by atoms with Crippen LogP contribution in [0.15, 0.2) is 57.9 Å². The van der Waals surface area contributed by atoms with Crippen LogP contribution in [0.1, 0.15) is 47.1 Å². The maximum Gasteiger partial charge on any atom is 0.338 e. The summed E-state index contributed by atoms with van der Waals surface area (Å²) < 4.78 is 38.2. The third-order valence-electron chi connectivity index (χ3n) is 5.35.